The third-order valence-corrected chi connectivity index (χ3v) is 4.14. The Morgan fingerprint density at radius 1 is 1.04 bits per heavy atom. The van der Waals surface area contributed by atoms with Crippen molar-refractivity contribution in [2.24, 2.45) is 0 Å². The maximum atomic E-state index is 13.0. The lowest BCUT2D eigenvalue weighted by atomic mass is 9.80. The number of hydrogen-bond acceptors (Lipinski definition) is 6. The molecule has 1 N–H and O–H groups in total. The predicted molar refractivity (Wildman–Crippen MR) is 84.0 cm³/mol. The number of hydrogen-bond donors (Lipinski definition) is 1. The molecule has 122 valence electrons. The largest absolute Gasteiger partial charge is 0.507 e. The molecule has 0 amide bonds. The Balaban J connectivity index is 2.36. The van der Waals surface area contributed by atoms with E-state index in [2.05, 4.69) is 4.74 Å². The molecule has 2 aromatic rings. The first-order valence-corrected chi connectivity index (χ1v) is 7.13. The van der Waals surface area contributed by atoms with Crippen LogP contribution in [0, 0.1) is 6.92 Å². The maximum Gasteiger partial charge on any atom is 0.341 e. The van der Waals surface area contributed by atoms with Crippen molar-refractivity contribution in [3.63, 3.8) is 0 Å². The first-order chi connectivity index (χ1) is 11.4. The van der Waals surface area contributed by atoms with E-state index in [0.717, 1.165) is 6.07 Å². The fraction of sp³-hybridized carbons (Fsp3) is 0.167. The summed E-state index contributed by atoms with van der Waals surface area (Å²) in [5, 5.41) is 10.1. The van der Waals surface area contributed by atoms with Crippen molar-refractivity contribution in [2.75, 3.05) is 14.2 Å². The summed E-state index contributed by atoms with van der Waals surface area (Å²) in [5.41, 5.74) is 0.569. The Labute approximate surface area is 137 Å². The molecule has 0 saturated carbocycles. The topological polar surface area (TPSA) is 89.9 Å². The number of aromatic hydroxyl groups is 1. The van der Waals surface area contributed by atoms with Crippen LogP contribution in [0.25, 0.3) is 0 Å². The summed E-state index contributed by atoms with van der Waals surface area (Å²) < 4.78 is 9.84. The predicted octanol–water partition coefficient (Wildman–Crippen LogP) is 2.27. The summed E-state index contributed by atoms with van der Waals surface area (Å²) in [7, 11) is 2.58. The number of phenols is 1. The lowest BCUT2D eigenvalue weighted by Gasteiger charge is -2.22. The van der Waals surface area contributed by atoms with Crippen LogP contribution in [-0.4, -0.2) is 36.9 Å². The van der Waals surface area contributed by atoms with Gasteiger partial charge >= 0.3 is 5.97 Å². The minimum atomic E-state index is -0.779. The minimum absolute atomic E-state index is 0.0587. The molecular weight excluding hydrogens is 312 g/mol. The van der Waals surface area contributed by atoms with E-state index in [9.17, 15) is 19.5 Å². The third-order valence-electron chi connectivity index (χ3n) is 4.14. The second-order valence-corrected chi connectivity index (χ2v) is 5.35. The molecule has 0 saturated heterocycles. The molecule has 6 heteroatoms. The van der Waals surface area contributed by atoms with E-state index in [4.69, 9.17) is 4.74 Å². The number of esters is 1. The monoisotopic (exact) mass is 326 g/mol. The molecule has 0 unspecified atom stereocenters. The highest BCUT2D eigenvalue weighted by Crippen LogP contribution is 2.38. The van der Waals surface area contributed by atoms with E-state index in [-0.39, 0.29) is 39.1 Å². The minimum Gasteiger partial charge on any atom is -0.507 e. The molecule has 0 aliphatic heterocycles. The van der Waals surface area contributed by atoms with Gasteiger partial charge in [0.15, 0.2) is 11.6 Å². The van der Waals surface area contributed by atoms with Crippen LogP contribution in [0.4, 0.5) is 0 Å². The van der Waals surface area contributed by atoms with Gasteiger partial charge in [-0.1, -0.05) is 12.1 Å². The van der Waals surface area contributed by atoms with Gasteiger partial charge in [-0.3, -0.25) is 9.59 Å². The highest BCUT2D eigenvalue weighted by molar-refractivity contribution is 6.30. The van der Waals surface area contributed by atoms with Crippen molar-refractivity contribution < 1.29 is 29.0 Å². The summed E-state index contributed by atoms with van der Waals surface area (Å²) in [5.74, 6) is -1.74. The van der Waals surface area contributed by atoms with Crippen LogP contribution in [0.1, 0.15) is 47.8 Å². The number of fused-ring (bicyclic) bond motifs is 2. The van der Waals surface area contributed by atoms with E-state index in [1.165, 1.54) is 27.2 Å². The van der Waals surface area contributed by atoms with Crippen LogP contribution < -0.4 is 4.74 Å². The number of carbonyl (C=O) groups is 3. The van der Waals surface area contributed by atoms with Gasteiger partial charge in [-0.05, 0) is 24.6 Å². The average Bonchev–Trinajstić information content (AvgIpc) is 2.58. The van der Waals surface area contributed by atoms with Crippen LogP contribution in [0.2, 0.25) is 0 Å². The molecule has 0 aromatic heterocycles. The molecule has 3 rings (SSSR count). The van der Waals surface area contributed by atoms with Crippen molar-refractivity contribution in [3.8, 4) is 11.5 Å². The molecule has 0 bridgehead atoms. The molecule has 1 aliphatic carbocycles. The van der Waals surface area contributed by atoms with E-state index in [0.29, 0.717) is 0 Å². The zero-order chi connectivity index (χ0) is 17.6. The molecule has 0 atom stereocenters. The molecule has 6 nitrogen and oxygen atoms in total. The Morgan fingerprint density at radius 3 is 2.38 bits per heavy atom. The maximum absolute atomic E-state index is 13.0. The van der Waals surface area contributed by atoms with Crippen molar-refractivity contribution in [2.45, 2.75) is 6.92 Å². The van der Waals surface area contributed by atoms with Crippen molar-refractivity contribution in [3.05, 3.63) is 57.6 Å². The van der Waals surface area contributed by atoms with E-state index in [1.807, 2.05) is 0 Å². The van der Waals surface area contributed by atoms with Crippen LogP contribution in [-0.2, 0) is 4.74 Å². The molecular formula is C18H14O6. The lowest BCUT2D eigenvalue weighted by Crippen LogP contribution is -2.24. The zero-order valence-electron chi connectivity index (χ0n) is 13.3. The normalized spacial score (nSPS) is 12.5. The second kappa shape index (κ2) is 5.49. The summed E-state index contributed by atoms with van der Waals surface area (Å²) >= 11 is 0. The molecule has 0 heterocycles. The van der Waals surface area contributed by atoms with Crippen LogP contribution in [0.3, 0.4) is 0 Å². The molecule has 0 spiro atoms. The smallest absolute Gasteiger partial charge is 0.341 e. The van der Waals surface area contributed by atoms with E-state index in [1.54, 1.807) is 12.1 Å². The highest BCUT2D eigenvalue weighted by atomic mass is 16.5. The van der Waals surface area contributed by atoms with Crippen molar-refractivity contribution in [1.82, 2.24) is 0 Å². The molecule has 0 fully saturated rings. The van der Waals surface area contributed by atoms with E-state index < -0.39 is 23.3 Å². The fourth-order valence-corrected chi connectivity index (χ4v) is 3.03. The van der Waals surface area contributed by atoms with Gasteiger partial charge in [-0.15, -0.1) is 0 Å². The molecule has 1 aliphatic rings. The Hall–Kier alpha value is -3.15. The number of benzene rings is 2. The SMILES string of the molecule is COC(=O)c1c(O)cc2c(c1C)C(=O)c1c(OC)cccc1C2=O. The van der Waals surface area contributed by atoms with Gasteiger partial charge in [0.05, 0.1) is 19.8 Å². The number of carbonyl (C=O) groups excluding carboxylic acids is 3. The van der Waals surface area contributed by atoms with Crippen LogP contribution in [0.15, 0.2) is 24.3 Å². The van der Waals surface area contributed by atoms with Gasteiger partial charge in [-0.25, -0.2) is 4.79 Å². The quantitative estimate of drug-likeness (QED) is 0.727. The fourth-order valence-electron chi connectivity index (χ4n) is 3.03. The van der Waals surface area contributed by atoms with Gasteiger partial charge in [-0.2, -0.15) is 0 Å². The zero-order valence-corrected chi connectivity index (χ0v) is 13.3. The molecule has 0 radical (unpaired) electrons. The number of phenolic OH excluding ortho intramolecular Hbond substituents is 1. The van der Waals surface area contributed by atoms with Gasteiger partial charge in [0.25, 0.3) is 0 Å². The third kappa shape index (κ3) is 2.00. The number of ketones is 2. The average molecular weight is 326 g/mol. The van der Waals surface area contributed by atoms with Crippen molar-refractivity contribution >= 4 is 17.5 Å². The highest BCUT2D eigenvalue weighted by Gasteiger charge is 2.36. The van der Waals surface area contributed by atoms with Gasteiger partial charge in [0, 0.05) is 16.7 Å². The molecule has 2 aromatic carbocycles. The van der Waals surface area contributed by atoms with E-state index >= 15 is 0 Å². The Morgan fingerprint density at radius 2 is 1.75 bits per heavy atom. The van der Waals surface area contributed by atoms with Crippen molar-refractivity contribution in [1.29, 1.82) is 0 Å². The van der Waals surface area contributed by atoms with Crippen LogP contribution in [0.5, 0.6) is 11.5 Å². The summed E-state index contributed by atoms with van der Waals surface area (Å²) in [6.45, 7) is 1.50. The Bertz CT molecular complexity index is 910. The number of ether oxygens (including phenoxy) is 2. The summed E-state index contributed by atoms with van der Waals surface area (Å²) in [6.07, 6.45) is 0. The second-order valence-electron chi connectivity index (χ2n) is 5.35. The standard InChI is InChI=1S/C18H14O6/c1-8-13-10(7-11(19)14(8)18(22)24-3)16(20)9-5-4-6-12(23-2)15(9)17(13)21/h4-7,19H,1-3H3. The Kier molecular flexibility index (Phi) is 3.60. The number of methoxy groups -OCH3 is 2. The summed E-state index contributed by atoms with van der Waals surface area (Å²) in [6, 6.07) is 5.87. The van der Waals surface area contributed by atoms with Gasteiger partial charge in [0.1, 0.15) is 17.1 Å². The molecule has 24 heavy (non-hydrogen) atoms. The van der Waals surface area contributed by atoms with Crippen LogP contribution >= 0.6 is 0 Å². The number of rotatable bonds is 2. The summed E-state index contributed by atoms with van der Waals surface area (Å²) in [4.78, 5) is 37.6. The van der Waals surface area contributed by atoms with Gasteiger partial charge < -0.3 is 14.6 Å². The first kappa shape index (κ1) is 15.7. The first-order valence-electron chi connectivity index (χ1n) is 7.13. The lowest BCUT2D eigenvalue weighted by molar-refractivity contribution is 0.0596. The van der Waals surface area contributed by atoms with Gasteiger partial charge in [0.2, 0.25) is 0 Å².